The Morgan fingerprint density at radius 3 is 2.56 bits per heavy atom. The van der Waals surface area contributed by atoms with E-state index in [2.05, 4.69) is 33.8 Å². The standard InChI is InChI=1S/C19H25N3OS.ClH/c1-20-9-8-16-5-2-3-7-18(16)19(23)22-12-10-21(11-13-22)15-17-6-4-14-24-17;/h2-7,14,20H,8-13,15H2,1H3;1H. The van der Waals surface area contributed by atoms with Gasteiger partial charge in [0.2, 0.25) is 0 Å². The molecular weight excluding hydrogens is 354 g/mol. The third-order valence-corrected chi connectivity index (χ3v) is 5.37. The zero-order valence-electron chi connectivity index (χ0n) is 14.6. The molecule has 1 aromatic carbocycles. The number of piperazine rings is 1. The normalized spacial score (nSPS) is 15.0. The molecule has 0 bridgehead atoms. The number of thiophene rings is 1. The van der Waals surface area contributed by atoms with Crippen molar-refractivity contribution in [2.24, 2.45) is 0 Å². The highest BCUT2D eigenvalue weighted by Gasteiger charge is 2.23. The zero-order valence-corrected chi connectivity index (χ0v) is 16.2. The van der Waals surface area contributed by atoms with E-state index in [-0.39, 0.29) is 18.3 Å². The number of carbonyl (C=O) groups is 1. The molecule has 2 heterocycles. The van der Waals surface area contributed by atoms with Gasteiger partial charge in [-0.2, -0.15) is 0 Å². The van der Waals surface area contributed by atoms with Crippen LogP contribution in [0.3, 0.4) is 0 Å². The van der Waals surface area contributed by atoms with Gasteiger partial charge in [0, 0.05) is 43.2 Å². The number of benzene rings is 1. The van der Waals surface area contributed by atoms with Crippen molar-refractivity contribution in [2.75, 3.05) is 39.8 Å². The average Bonchev–Trinajstić information content (AvgIpc) is 3.13. The van der Waals surface area contributed by atoms with Crippen molar-refractivity contribution < 1.29 is 4.79 Å². The Morgan fingerprint density at radius 1 is 1.12 bits per heavy atom. The Bertz CT molecular complexity index is 654. The maximum absolute atomic E-state index is 12.9. The van der Waals surface area contributed by atoms with Crippen LogP contribution in [-0.2, 0) is 13.0 Å². The highest BCUT2D eigenvalue weighted by Crippen LogP contribution is 2.17. The number of halogens is 1. The largest absolute Gasteiger partial charge is 0.336 e. The first-order chi connectivity index (χ1) is 11.8. The van der Waals surface area contributed by atoms with Gasteiger partial charge < -0.3 is 10.2 Å². The summed E-state index contributed by atoms with van der Waals surface area (Å²) in [6.07, 6.45) is 0.886. The summed E-state index contributed by atoms with van der Waals surface area (Å²) in [6, 6.07) is 12.3. The van der Waals surface area contributed by atoms with Gasteiger partial charge in [-0.05, 0) is 43.1 Å². The number of rotatable bonds is 6. The molecule has 1 aliphatic rings. The number of carbonyl (C=O) groups excluding carboxylic acids is 1. The summed E-state index contributed by atoms with van der Waals surface area (Å²) in [4.78, 5) is 18.7. The lowest BCUT2D eigenvalue weighted by Crippen LogP contribution is -2.48. The first-order valence-electron chi connectivity index (χ1n) is 8.54. The van der Waals surface area contributed by atoms with Gasteiger partial charge in [-0.15, -0.1) is 23.7 Å². The van der Waals surface area contributed by atoms with Crippen LogP contribution in [0.1, 0.15) is 20.8 Å². The van der Waals surface area contributed by atoms with E-state index in [0.717, 1.165) is 56.8 Å². The summed E-state index contributed by atoms with van der Waals surface area (Å²) in [5.41, 5.74) is 2.00. The molecular formula is C19H26ClN3OS. The molecule has 1 aromatic heterocycles. The van der Waals surface area contributed by atoms with E-state index in [4.69, 9.17) is 0 Å². The molecule has 3 rings (SSSR count). The predicted molar refractivity (Wildman–Crippen MR) is 107 cm³/mol. The number of hydrogen-bond donors (Lipinski definition) is 1. The van der Waals surface area contributed by atoms with E-state index >= 15 is 0 Å². The lowest BCUT2D eigenvalue weighted by Gasteiger charge is -2.34. The summed E-state index contributed by atoms with van der Waals surface area (Å²) in [6.45, 7) is 5.40. The molecule has 1 fully saturated rings. The Labute approximate surface area is 160 Å². The minimum atomic E-state index is 0. The fourth-order valence-electron chi connectivity index (χ4n) is 3.11. The number of hydrogen-bond acceptors (Lipinski definition) is 4. The van der Waals surface area contributed by atoms with Gasteiger partial charge in [0.05, 0.1) is 0 Å². The third-order valence-electron chi connectivity index (χ3n) is 4.51. The second-order valence-corrected chi connectivity index (χ2v) is 7.19. The second kappa shape index (κ2) is 9.92. The number of likely N-dealkylation sites (N-methyl/N-ethyl adjacent to an activating group) is 1. The van der Waals surface area contributed by atoms with Crippen LogP contribution in [0.2, 0.25) is 0 Å². The van der Waals surface area contributed by atoms with E-state index in [0.29, 0.717) is 0 Å². The van der Waals surface area contributed by atoms with Crippen molar-refractivity contribution in [3.63, 3.8) is 0 Å². The molecule has 6 heteroatoms. The van der Waals surface area contributed by atoms with Crippen LogP contribution in [0.25, 0.3) is 0 Å². The van der Waals surface area contributed by atoms with Crippen molar-refractivity contribution >= 4 is 29.7 Å². The number of amides is 1. The monoisotopic (exact) mass is 379 g/mol. The maximum Gasteiger partial charge on any atom is 0.254 e. The van der Waals surface area contributed by atoms with Crippen molar-refractivity contribution in [3.05, 3.63) is 57.8 Å². The molecule has 1 saturated heterocycles. The third kappa shape index (κ3) is 5.28. The van der Waals surface area contributed by atoms with Crippen LogP contribution in [0, 0.1) is 0 Å². The smallest absolute Gasteiger partial charge is 0.254 e. The molecule has 0 aliphatic carbocycles. The zero-order chi connectivity index (χ0) is 16.8. The highest BCUT2D eigenvalue weighted by molar-refractivity contribution is 7.09. The van der Waals surface area contributed by atoms with E-state index < -0.39 is 0 Å². The van der Waals surface area contributed by atoms with Crippen LogP contribution in [0.4, 0.5) is 0 Å². The number of nitrogens with zero attached hydrogens (tertiary/aromatic N) is 2. The van der Waals surface area contributed by atoms with E-state index in [1.807, 2.05) is 30.1 Å². The second-order valence-electron chi connectivity index (χ2n) is 6.16. The van der Waals surface area contributed by atoms with Crippen molar-refractivity contribution in [2.45, 2.75) is 13.0 Å². The van der Waals surface area contributed by atoms with Gasteiger partial charge in [-0.25, -0.2) is 0 Å². The van der Waals surface area contributed by atoms with Crippen LogP contribution in [0.15, 0.2) is 41.8 Å². The van der Waals surface area contributed by atoms with Gasteiger partial charge in [0.1, 0.15) is 0 Å². The average molecular weight is 380 g/mol. The molecule has 4 nitrogen and oxygen atoms in total. The minimum Gasteiger partial charge on any atom is -0.336 e. The van der Waals surface area contributed by atoms with E-state index in [1.165, 1.54) is 4.88 Å². The van der Waals surface area contributed by atoms with Crippen LogP contribution in [0.5, 0.6) is 0 Å². The van der Waals surface area contributed by atoms with Crippen molar-refractivity contribution in [1.29, 1.82) is 0 Å². The Kier molecular flexibility index (Phi) is 7.90. The van der Waals surface area contributed by atoms with Crippen LogP contribution >= 0.6 is 23.7 Å². The molecule has 0 spiro atoms. The Hall–Kier alpha value is -1.40. The lowest BCUT2D eigenvalue weighted by molar-refractivity contribution is 0.0628. The van der Waals surface area contributed by atoms with Gasteiger partial charge >= 0.3 is 0 Å². The summed E-state index contributed by atoms with van der Waals surface area (Å²) < 4.78 is 0. The fraction of sp³-hybridized carbons (Fsp3) is 0.421. The Balaban J connectivity index is 0.00000225. The summed E-state index contributed by atoms with van der Waals surface area (Å²) >= 11 is 1.80. The molecule has 25 heavy (non-hydrogen) atoms. The van der Waals surface area contributed by atoms with Crippen LogP contribution < -0.4 is 5.32 Å². The highest BCUT2D eigenvalue weighted by atomic mass is 35.5. The molecule has 2 aromatic rings. The summed E-state index contributed by atoms with van der Waals surface area (Å²) in [5, 5.41) is 5.28. The van der Waals surface area contributed by atoms with Gasteiger partial charge in [-0.3, -0.25) is 9.69 Å². The molecule has 0 radical (unpaired) electrons. The SMILES string of the molecule is CNCCc1ccccc1C(=O)N1CCN(Cc2cccs2)CC1.Cl. The molecule has 136 valence electrons. The molecule has 0 saturated carbocycles. The minimum absolute atomic E-state index is 0. The lowest BCUT2D eigenvalue weighted by atomic mass is 10.0. The fourth-order valence-corrected chi connectivity index (χ4v) is 3.86. The van der Waals surface area contributed by atoms with Gasteiger partial charge in [0.25, 0.3) is 5.91 Å². The molecule has 1 amide bonds. The Morgan fingerprint density at radius 2 is 1.88 bits per heavy atom. The van der Waals surface area contributed by atoms with Crippen LogP contribution in [-0.4, -0.2) is 55.5 Å². The predicted octanol–water partition coefficient (Wildman–Crippen LogP) is 2.89. The number of nitrogens with one attached hydrogen (secondary N) is 1. The quantitative estimate of drug-likeness (QED) is 0.838. The molecule has 0 atom stereocenters. The van der Waals surface area contributed by atoms with Crippen molar-refractivity contribution in [3.8, 4) is 0 Å². The molecule has 0 unspecified atom stereocenters. The van der Waals surface area contributed by atoms with E-state index in [1.54, 1.807) is 11.3 Å². The van der Waals surface area contributed by atoms with Gasteiger partial charge in [-0.1, -0.05) is 24.3 Å². The first-order valence-corrected chi connectivity index (χ1v) is 9.42. The summed E-state index contributed by atoms with van der Waals surface area (Å²) in [5.74, 6) is 0.178. The van der Waals surface area contributed by atoms with E-state index in [9.17, 15) is 4.79 Å². The summed E-state index contributed by atoms with van der Waals surface area (Å²) in [7, 11) is 1.94. The topological polar surface area (TPSA) is 35.6 Å². The molecule has 1 aliphatic heterocycles. The maximum atomic E-state index is 12.9. The van der Waals surface area contributed by atoms with Crippen molar-refractivity contribution in [1.82, 2.24) is 15.1 Å². The molecule has 1 N–H and O–H groups in total. The first kappa shape index (κ1) is 19.9. The van der Waals surface area contributed by atoms with Gasteiger partial charge in [0.15, 0.2) is 0 Å².